The summed E-state index contributed by atoms with van der Waals surface area (Å²) < 4.78 is 5.61. The zero-order valence-electron chi connectivity index (χ0n) is 15.3. The molecule has 2 heterocycles. The first-order valence-electron chi connectivity index (χ1n) is 8.80. The molecule has 0 bridgehead atoms. The highest BCUT2D eigenvalue weighted by Crippen LogP contribution is 2.38. The lowest BCUT2D eigenvalue weighted by Gasteiger charge is -2.25. The minimum atomic E-state index is 0. The highest BCUT2D eigenvalue weighted by Gasteiger charge is 2.42. The number of unbranched alkanes of at least 4 members (excludes halogenated alkanes) is 1. The molecular weight excluding hydrogens is 403 g/mol. The molecule has 1 spiro atoms. The molecule has 5 nitrogen and oxygen atoms in total. The van der Waals surface area contributed by atoms with Gasteiger partial charge in [0.15, 0.2) is 5.96 Å². The molecule has 1 atom stereocenters. The van der Waals surface area contributed by atoms with Crippen molar-refractivity contribution in [1.29, 1.82) is 0 Å². The number of aliphatic imine (C=N–C) groups is 1. The van der Waals surface area contributed by atoms with E-state index in [2.05, 4.69) is 41.0 Å². The van der Waals surface area contributed by atoms with Gasteiger partial charge in [-0.05, 0) is 53.1 Å². The highest BCUT2D eigenvalue weighted by atomic mass is 127. The standard InChI is InChI=1S/C17H34N4O.HI/c1-15(2)20(4)10-6-5-9-19-16(18-3)21-11-7-17(13-21)8-12-22-14-17;/h15H,5-14H2,1-4H3,(H,18,19);1H. The molecule has 0 amide bonds. The second-order valence-electron chi connectivity index (χ2n) is 7.23. The van der Waals surface area contributed by atoms with Crippen molar-refractivity contribution >= 4 is 29.9 Å². The minimum Gasteiger partial charge on any atom is -0.381 e. The van der Waals surface area contributed by atoms with Gasteiger partial charge in [-0.2, -0.15) is 0 Å². The van der Waals surface area contributed by atoms with Crippen LogP contribution < -0.4 is 5.32 Å². The van der Waals surface area contributed by atoms with Crippen molar-refractivity contribution in [2.24, 2.45) is 10.4 Å². The summed E-state index contributed by atoms with van der Waals surface area (Å²) in [6.45, 7) is 10.7. The maximum atomic E-state index is 5.61. The summed E-state index contributed by atoms with van der Waals surface area (Å²) in [4.78, 5) is 9.28. The third-order valence-corrected chi connectivity index (χ3v) is 5.24. The average molecular weight is 438 g/mol. The Bertz CT molecular complexity index is 370. The summed E-state index contributed by atoms with van der Waals surface area (Å²) in [7, 11) is 4.09. The van der Waals surface area contributed by atoms with Crippen LogP contribution in [0.15, 0.2) is 4.99 Å². The van der Waals surface area contributed by atoms with E-state index in [-0.39, 0.29) is 24.0 Å². The number of nitrogens with zero attached hydrogens (tertiary/aromatic N) is 3. The Morgan fingerprint density at radius 2 is 2.13 bits per heavy atom. The van der Waals surface area contributed by atoms with Gasteiger partial charge in [-0.15, -0.1) is 24.0 Å². The first-order valence-corrected chi connectivity index (χ1v) is 8.80. The number of guanidine groups is 1. The van der Waals surface area contributed by atoms with Crippen molar-refractivity contribution in [2.45, 2.75) is 45.6 Å². The number of hydrogen-bond acceptors (Lipinski definition) is 3. The molecule has 2 aliphatic rings. The maximum Gasteiger partial charge on any atom is 0.193 e. The molecule has 0 aromatic heterocycles. The molecule has 0 aromatic carbocycles. The molecule has 136 valence electrons. The van der Waals surface area contributed by atoms with Gasteiger partial charge in [-0.1, -0.05) is 0 Å². The first-order chi connectivity index (χ1) is 10.6. The third-order valence-electron chi connectivity index (χ3n) is 5.24. The fourth-order valence-corrected chi connectivity index (χ4v) is 3.36. The van der Waals surface area contributed by atoms with Crippen LogP contribution in [0.25, 0.3) is 0 Å². The summed E-state index contributed by atoms with van der Waals surface area (Å²) in [6.07, 6.45) is 4.88. The third kappa shape index (κ3) is 6.05. The van der Waals surface area contributed by atoms with E-state index >= 15 is 0 Å². The average Bonchev–Trinajstić information content (AvgIpc) is 3.13. The van der Waals surface area contributed by atoms with Crippen LogP contribution in [0, 0.1) is 5.41 Å². The van der Waals surface area contributed by atoms with Gasteiger partial charge in [-0.3, -0.25) is 4.99 Å². The van der Waals surface area contributed by atoms with Gasteiger partial charge in [0.05, 0.1) is 6.61 Å². The van der Waals surface area contributed by atoms with Gasteiger partial charge < -0.3 is 19.9 Å². The van der Waals surface area contributed by atoms with E-state index < -0.39 is 0 Å². The quantitative estimate of drug-likeness (QED) is 0.299. The number of nitrogens with one attached hydrogen (secondary N) is 1. The van der Waals surface area contributed by atoms with E-state index in [9.17, 15) is 0 Å². The zero-order chi connectivity index (χ0) is 16.0. The number of hydrogen-bond donors (Lipinski definition) is 1. The van der Waals surface area contributed by atoms with E-state index in [0.717, 1.165) is 38.8 Å². The van der Waals surface area contributed by atoms with Gasteiger partial charge in [0, 0.05) is 44.7 Å². The highest BCUT2D eigenvalue weighted by molar-refractivity contribution is 14.0. The van der Waals surface area contributed by atoms with Crippen molar-refractivity contribution in [1.82, 2.24) is 15.1 Å². The molecule has 0 radical (unpaired) electrons. The Morgan fingerprint density at radius 3 is 2.74 bits per heavy atom. The second kappa shape index (κ2) is 10.0. The fraction of sp³-hybridized carbons (Fsp3) is 0.941. The fourth-order valence-electron chi connectivity index (χ4n) is 3.36. The molecule has 0 saturated carbocycles. The molecular formula is C17H35IN4O. The van der Waals surface area contributed by atoms with E-state index in [4.69, 9.17) is 4.74 Å². The molecule has 23 heavy (non-hydrogen) atoms. The zero-order valence-corrected chi connectivity index (χ0v) is 17.6. The Labute approximate surface area is 159 Å². The van der Waals surface area contributed by atoms with Crippen molar-refractivity contribution in [3.63, 3.8) is 0 Å². The normalized spacial score (nSPS) is 24.8. The number of rotatable bonds is 6. The molecule has 1 N–H and O–H groups in total. The lowest BCUT2D eigenvalue weighted by molar-refractivity contribution is 0.156. The second-order valence-corrected chi connectivity index (χ2v) is 7.23. The van der Waals surface area contributed by atoms with Gasteiger partial charge in [-0.25, -0.2) is 0 Å². The molecule has 2 aliphatic heterocycles. The molecule has 0 aromatic rings. The lowest BCUT2D eigenvalue weighted by atomic mass is 9.87. The largest absolute Gasteiger partial charge is 0.381 e. The van der Waals surface area contributed by atoms with E-state index in [1.807, 2.05) is 7.05 Å². The monoisotopic (exact) mass is 438 g/mol. The Hall–Kier alpha value is -0.0800. The number of ether oxygens (including phenoxy) is 1. The SMILES string of the molecule is CN=C(NCCCCN(C)C(C)C)N1CCC2(CCOC2)C1.I. The Balaban J connectivity index is 0.00000264. The summed E-state index contributed by atoms with van der Waals surface area (Å²) in [5.41, 5.74) is 0.400. The summed E-state index contributed by atoms with van der Waals surface area (Å²) in [5.74, 6) is 1.07. The van der Waals surface area contributed by atoms with Gasteiger partial charge in [0.2, 0.25) is 0 Å². The maximum absolute atomic E-state index is 5.61. The summed E-state index contributed by atoms with van der Waals surface area (Å²) in [6, 6.07) is 0.634. The van der Waals surface area contributed by atoms with Crippen LogP contribution in [0.2, 0.25) is 0 Å². The molecule has 0 aliphatic carbocycles. The van der Waals surface area contributed by atoms with E-state index in [0.29, 0.717) is 11.5 Å². The van der Waals surface area contributed by atoms with Crippen molar-refractivity contribution in [3.8, 4) is 0 Å². The predicted molar refractivity (Wildman–Crippen MR) is 108 cm³/mol. The molecule has 6 heteroatoms. The van der Waals surface area contributed by atoms with Crippen molar-refractivity contribution < 1.29 is 4.74 Å². The van der Waals surface area contributed by atoms with Crippen LogP contribution in [-0.4, -0.2) is 75.3 Å². The van der Waals surface area contributed by atoms with Crippen LogP contribution in [0.4, 0.5) is 0 Å². The van der Waals surface area contributed by atoms with E-state index in [1.54, 1.807) is 0 Å². The number of halogens is 1. The number of likely N-dealkylation sites (tertiary alicyclic amines) is 1. The lowest BCUT2D eigenvalue weighted by Crippen LogP contribution is -2.41. The van der Waals surface area contributed by atoms with Crippen molar-refractivity contribution in [2.75, 3.05) is 53.5 Å². The topological polar surface area (TPSA) is 40.1 Å². The van der Waals surface area contributed by atoms with Gasteiger partial charge >= 0.3 is 0 Å². The van der Waals surface area contributed by atoms with Crippen LogP contribution in [0.1, 0.15) is 39.5 Å². The van der Waals surface area contributed by atoms with Gasteiger partial charge in [0.25, 0.3) is 0 Å². The molecule has 2 rings (SSSR count). The smallest absolute Gasteiger partial charge is 0.193 e. The Kier molecular flexibility index (Phi) is 9.15. The first kappa shape index (κ1) is 21.0. The van der Waals surface area contributed by atoms with Gasteiger partial charge in [0.1, 0.15) is 0 Å². The molecule has 2 saturated heterocycles. The van der Waals surface area contributed by atoms with Crippen LogP contribution in [0.3, 0.4) is 0 Å². The van der Waals surface area contributed by atoms with Crippen molar-refractivity contribution in [3.05, 3.63) is 0 Å². The van der Waals surface area contributed by atoms with E-state index in [1.165, 1.54) is 32.2 Å². The van der Waals surface area contributed by atoms with Crippen LogP contribution in [0.5, 0.6) is 0 Å². The minimum absolute atomic E-state index is 0. The predicted octanol–water partition coefficient (Wildman–Crippen LogP) is 2.41. The van der Waals surface area contributed by atoms with Crippen LogP contribution in [-0.2, 0) is 4.74 Å². The summed E-state index contributed by atoms with van der Waals surface area (Å²) >= 11 is 0. The Morgan fingerprint density at radius 1 is 1.35 bits per heavy atom. The molecule has 1 unspecified atom stereocenters. The summed E-state index contributed by atoms with van der Waals surface area (Å²) in [5, 5.41) is 3.54. The molecule has 2 fully saturated rings. The van der Waals surface area contributed by atoms with Crippen LogP contribution >= 0.6 is 24.0 Å².